The minimum Gasteiger partial charge on any atom is -0.379 e. The first-order chi connectivity index (χ1) is 11.1. The lowest BCUT2D eigenvalue weighted by atomic mass is 10.0. The van der Waals surface area contributed by atoms with E-state index in [4.69, 9.17) is 4.74 Å². The molecule has 2 amide bonds. The highest BCUT2D eigenvalue weighted by atomic mass is 16.5. The molecule has 7 nitrogen and oxygen atoms in total. The smallest absolute Gasteiger partial charge is 0.315 e. The summed E-state index contributed by atoms with van der Waals surface area (Å²) < 4.78 is 7.22. The number of nitrogens with one attached hydrogen (secondary N) is 2. The van der Waals surface area contributed by atoms with Gasteiger partial charge in [-0.05, 0) is 18.9 Å². The maximum atomic E-state index is 12.1. The number of carbonyl (C=O) groups excluding carboxylic acids is 1. The molecule has 2 heterocycles. The lowest BCUT2D eigenvalue weighted by molar-refractivity contribution is 0.00718. The fourth-order valence-corrected chi connectivity index (χ4v) is 2.90. The number of aromatic nitrogens is 2. The SMILES string of the molecule is CC(Cn1cccn1)NC(=O)NCC(C(C)C)N1CCOCC1. The molecule has 0 aromatic carbocycles. The van der Waals surface area contributed by atoms with Crippen LogP contribution in [0, 0.1) is 5.92 Å². The Hall–Kier alpha value is -1.60. The van der Waals surface area contributed by atoms with Gasteiger partial charge < -0.3 is 15.4 Å². The zero-order valence-corrected chi connectivity index (χ0v) is 14.4. The first-order valence-electron chi connectivity index (χ1n) is 8.40. The van der Waals surface area contributed by atoms with Gasteiger partial charge in [-0.3, -0.25) is 9.58 Å². The van der Waals surface area contributed by atoms with E-state index in [0.29, 0.717) is 25.0 Å². The molecule has 0 bridgehead atoms. The van der Waals surface area contributed by atoms with Crippen LogP contribution >= 0.6 is 0 Å². The largest absolute Gasteiger partial charge is 0.379 e. The highest BCUT2D eigenvalue weighted by Gasteiger charge is 2.24. The van der Waals surface area contributed by atoms with Gasteiger partial charge in [0.2, 0.25) is 0 Å². The van der Waals surface area contributed by atoms with Crippen molar-refractivity contribution < 1.29 is 9.53 Å². The van der Waals surface area contributed by atoms with Gasteiger partial charge in [0.15, 0.2) is 0 Å². The predicted octanol–water partition coefficient (Wildman–Crippen LogP) is 0.928. The second kappa shape index (κ2) is 8.88. The molecular weight excluding hydrogens is 294 g/mol. The van der Waals surface area contributed by atoms with E-state index in [0.717, 1.165) is 26.3 Å². The Kier molecular flexibility index (Phi) is 6.85. The van der Waals surface area contributed by atoms with Crippen LogP contribution in [0.15, 0.2) is 18.5 Å². The number of nitrogens with zero attached hydrogens (tertiary/aromatic N) is 3. The monoisotopic (exact) mass is 323 g/mol. The van der Waals surface area contributed by atoms with E-state index in [9.17, 15) is 4.79 Å². The second-order valence-electron chi connectivity index (χ2n) is 6.44. The Morgan fingerprint density at radius 3 is 2.65 bits per heavy atom. The summed E-state index contributed by atoms with van der Waals surface area (Å²) >= 11 is 0. The summed E-state index contributed by atoms with van der Waals surface area (Å²) in [5.41, 5.74) is 0. The number of carbonyl (C=O) groups is 1. The highest BCUT2D eigenvalue weighted by Crippen LogP contribution is 2.12. The van der Waals surface area contributed by atoms with E-state index in [-0.39, 0.29) is 12.1 Å². The van der Waals surface area contributed by atoms with E-state index in [1.165, 1.54) is 0 Å². The molecule has 2 rings (SSSR count). The van der Waals surface area contributed by atoms with Crippen LogP contribution in [-0.2, 0) is 11.3 Å². The summed E-state index contributed by atoms with van der Waals surface area (Å²) in [6.45, 7) is 11.1. The lowest BCUT2D eigenvalue weighted by Crippen LogP contribution is -2.53. The lowest BCUT2D eigenvalue weighted by Gasteiger charge is -2.37. The van der Waals surface area contributed by atoms with Gasteiger partial charge in [0.05, 0.1) is 19.8 Å². The quantitative estimate of drug-likeness (QED) is 0.783. The molecule has 23 heavy (non-hydrogen) atoms. The summed E-state index contributed by atoms with van der Waals surface area (Å²) in [5, 5.41) is 10.1. The normalized spacial score (nSPS) is 18.6. The third kappa shape index (κ3) is 5.84. The van der Waals surface area contributed by atoms with Crippen LogP contribution in [0.4, 0.5) is 4.79 Å². The average Bonchev–Trinajstić information content (AvgIpc) is 3.00. The Morgan fingerprint density at radius 2 is 2.04 bits per heavy atom. The first kappa shape index (κ1) is 17.7. The van der Waals surface area contributed by atoms with Crippen LogP contribution in [-0.4, -0.2) is 65.6 Å². The molecule has 0 spiro atoms. The third-order valence-corrected chi connectivity index (χ3v) is 4.15. The number of morpholine rings is 1. The maximum absolute atomic E-state index is 12.1. The molecule has 0 radical (unpaired) electrons. The van der Waals surface area contributed by atoms with Crippen LogP contribution < -0.4 is 10.6 Å². The molecule has 1 aromatic rings. The molecule has 7 heteroatoms. The molecule has 0 saturated carbocycles. The van der Waals surface area contributed by atoms with E-state index in [2.05, 4.69) is 34.5 Å². The van der Waals surface area contributed by atoms with Gasteiger partial charge >= 0.3 is 6.03 Å². The van der Waals surface area contributed by atoms with Gasteiger partial charge in [0, 0.05) is 44.1 Å². The maximum Gasteiger partial charge on any atom is 0.315 e. The molecule has 2 unspecified atom stereocenters. The number of hydrogen-bond acceptors (Lipinski definition) is 4. The summed E-state index contributed by atoms with van der Waals surface area (Å²) in [5.74, 6) is 0.481. The molecule has 2 atom stereocenters. The highest BCUT2D eigenvalue weighted by molar-refractivity contribution is 5.74. The van der Waals surface area contributed by atoms with Crippen molar-refractivity contribution in [1.82, 2.24) is 25.3 Å². The van der Waals surface area contributed by atoms with Gasteiger partial charge in [-0.1, -0.05) is 13.8 Å². The molecule has 0 aliphatic carbocycles. The number of ether oxygens (including phenoxy) is 1. The van der Waals surface area contributed by atoms with Crippen LogP contribution in [0.3, 0.4) is 0 Å². The van der Waals surface area contributed by atoms with E-state index in [1.807, 2.05) is 23.9 Å². The fourth-order valence-electron chi connectivity index (χ4n) is 2.90. The van der Waals surface area contributed by atoms with Gasteiger partial charge in [0.25, 0.3) is 0 Å². The Balaban J connectivity index is 1.74. The minimum atomic E-state index is -0.122. The van der Waals surface area contributed by atoms with Crippen LogP contribution in [0.2, 0.25) is 0 Å². The third-order valence-electron chi connectivity index (χ3n) is 4.15. The molecule has 1 aliphatic rings. The first-order valence-corrected chi connectivity index (χ1v) is 8.40. The number of rotatable bonds is 7. The zero-order valence-electron chi connectivity index (χ0n) is 14.4. The van der Waals surface area contributed by atoms with Crippen molar-refractivity contribution in [1.29, 1.82) is 0 Å². The van der Waals surface area contributed by atoms with Gasteiger partial charge in [-0.2, -0.15) is 5.10 Å². The van der Waals surface area contributed by atoms with Crippen LogP contribution in [0.5, 0.6) is 0 Å². The average molecular weight is 323 g/mol. The van der Waals surface area contributed by atoms with Gasteiger partial charge in [-0.25, -0.2) is 4.79 Å². The molecule has 1 fully saturated rings. The van der Waals surface area contributed by atoms with E-state index >= 15 is 0 Å². The number of urea groups is 1. The number of hydrogen-bond donors (Lipinski definition) is 2. The van der Waals surface area contributed by atoms with Crippen molar-refractivity contribution in [3.8, 4) is 0 Å². The van der Waals surface area contributed by atoms with Crippen LogP contribution in [0.1, 0.15) is 20.8 Å². The molecule has 1 saturated heterocycles. The van der Waals surface area contributed by atoms with Crippen LogP contribution in [0.25, 0.3) is 0 Å². The van der Waals surface area contributed by atoms with Crippen molar-refractivity contribution >= 4 is 6.03 Å². The summed E-state index contributed by atoms with van der Waals surface area (Å²) in [4.78, 5) is 14.5. The van der Waals surface area contributed by atoms with E-state index < -0.39 is 0 Å². The Bertz CT molecular complexity index is 457. The standard InChI is InChI=1S/C16H29N5O2/c1-13(2)15(20-7-9-23-10-8-20)11-17-16(22)19-14(3)12-21-6-4-5-18-21/h4-6,13-15H,7-12H2,1-3H3,(H2,17,19,22). The van der Waals surface area contributed by atoms with Gasteiger partial charge in [0.1, 0.15) is 0 Å². The van der Waals surface area contributed by atoms with Crippen molar-refractivity contribution in [2.24, 2.45) is 5.92 Å². The van der Waals surface area contributed by atoms with Crippen molar-refractivity contribution in [3.05, 3.63) is 18.5 Å². The molecule has 1 aromatic heterocycles. The molecule has 1 aliphatic heterocycles. The minimum absolute atomic E-state index is 0.0239. The topological polar surface area (TPSA) is 71.4 Å². The predicted molar refractivity (Wildman–Crippen MR) is 89.2 cm³/mol. The summed E-state index contributed by atoms with van der Waals surface area (Å²) in [6.07, 6.45) is 3.63. The summed E-state index contributed by atoms with van der Waals surface area (Å²) in [6, 6.07) is 2.12. The summed E-state index contributed by atoms with van der Waals surface area (Å²) in [7, 11) is 0. The fraction of sp³-hybridized carbons (Fsp3) is 0.750. The molecular formula is C16H29N5O2. The second-order valence-corrected chi connectivity index (χ2v) is 6.44. The number of amides is 2. The Labute approximate surface area is 138 Å². The zero-order chi connectivity index (χ0) is 16.7. The van der Waals surface area contributed by atoms with E-state index in [1.54, 1.807) is 6.20 Å². The van der Waals surface area contributed by atoms with Crippen molar-refractivity contribution in [3.63, 3.8) is 0 Å². The Morgan fingerprint density at radius 1 is 1.30 bits per heavy atom. The molecule has 130 valence electrons. The van der Waals surface area contributed by atoms with Gasteiger partial charge in [-0.15, -0.1) is 0 Å². The van der Waals surface area contributed by atoms with Crippen molar-refractivity contribution in [2.75, 3.05) is 32.8 Å². The molecule has 2 N–H and O–H groups in total. The van der Waals surface area contributed by atoms with Crippen molar-refractivity contribution in [2.45, 2.75) is 39.4 Å².